The molecule has 0 atom stereocenters. The van der Waals surface area contributed by atoms with E-state index >= 15 is 0 Å². The van der Waals surface area contributed by atoms with Gasteiger partial charge in [0, 0.05) is 5.69 Å². The van der Waals surface area contributed by atoms with E-state index in [2.05, 4.69) is 10.1 Å². The summed E-state index contributed by atoms with van der Waals surface area (Å²) in [7, 11) is 0. The Labute approximate surface area is 144 Å². The molecule has 0 radical (unpaired) electrons. The molecule has 0 aliphatic carbocycles. The van der Waals surface area contributed by atoms with Crippen LogP contribution in [0.2, 0.25) is 0 Å². The number of aromatic nitrogens is 3. The topological polar surface area (TPSA) is 56.7 Å². The molecule has 1 aromatic carbocycles. The van der Waals surface area contributed by atoms with E-state index in [-0.39, 0.29) is 29.8 Å². The lowest BCUT2D eigenvalue weighted by atomic mass is 10.1. The third-order valence-electron chi connectivity index (χ3n) is 3.98. The minimum absolute atomic E-state index is 0. The maximum absolute atomic E-state index is 13.3. The Kier molecular flexibility index (Phi) is 4.79. The number of halogens is 3. The molecule has 3 rings (SSSR count). The van der Waals surface area contributed by atoms with E-state index in [0.717, 1.165) is 17.5 Å². The lowest BCUT2D eigenvalue weighted by Gasteiger charge is -2.10. The highest BCUT2D eigenvalue weighted by atomic mass is 19.4. The summed E-state index contributed by atoms with van der Waals surface area (Å²) in [6, 6.07) is 7.23. The fourth-order valence-electron chi connectivity index (χ4n) is 2.82. The van der Waals surface area contributed by atoms with Crippen LogP contribution in [0, 0.1) is 13.8 Å². The monoisotopic (exact) mass is 350 g/mol. The SMILES string of the molecule is C.CCc1ccc(-n2nc3cc(C)nc(C(F)(F)F)c3c2N)c(C)c1. The van der Waals surface area contributed by atoms with Crippen LogP contribution >= 0.6 is 0 Å². The van der Waals surface area contributed by atoms with E-state index in [9.17, 15) is 13.2 Å². The molecule has 134 valence electrons. The Bertz CT molecular complexity index is 926. The number of benzene rings is 1. The molecular formula is C18H21F3N4. The number of fused-ring (bicyclic) bond motifs is 1. The van der Waals surface area contributed by atoms with Crippen LogP contribution in [-0.2, 0) is 12.6 Å². The van der Waals surface area contributed by atoms with Crippen molar-refractivity contribution in [2.45, 2.75) is 40.8 Å². The van der Waals surface area contributed by atoms with Gasteiger partial charge < -0.3 is 5.73 Å². The van der Waals surface area contributed by atoms with Gasteiger partial charge in [-0.3, -0.25) is 0 Å². The van der Waals surface area contributed by atoms with Gasteiger partial charge in [0.25, 0.3) is 0 Å². The molecule has 4 nitrogen and oxygen atoms in total. The fourth-order valence-corrected chi connectivity index (χ4v) is 2.82. The van der Waals surface area contributed by atoms with Crippen molar-refractivity contribution in [1.82, 2.24) is 14.8 Å². The standard InChI is InChI=1S/C17H17F3N4.CH4/c1-4-11-5-6-13(9(2)7-11)24-16(21)14-12(23-24)8-10(3)22-15(14)17(18,19)20;/h5-8H,4,21H2,1-3H3;1H4. The maximum Gasteiger partial charge on any atom is 0.434 e. The van der Waals surface area contributed by atoms with Gasteiger partial charge >= 0.3 is 6.18 Å². The van der Waals surface area contributed by atoms with Gasteiger partial charge in [-0.2, -0.15) is 18.3 Å². The fraction of sp³-hybridized carbons (Fsp3) is 0.333. The molecule has 0 bridgehead atoms. The molecule has 25 heavy (non-hydrogen) atoms. The molecule has 0 aliphatic rings. The molecule has 0 amide bonds. The zero-order valence-corrected chi connectivity index (χ0v) is 13.6. The molecule has 0 aliphatic heterocycles. The number of hydrogen-bond acceptors (Lipinski definition) is 3. The molecular weight excluding hydrogens is 329 g/mol. The highest BCUT2D eigenvalue weighted by molar-refractivity contribution is 5.92. The van der Waals surface area contributed by atoms with Crippen LogP contribution < -0.4 is 5.73 Å². The van der Waals surface area contributed by atoms with Crippen LogP contribution in [0.5, 0.6) is 0 Å². The number of alkyl halides is 3. The molecule has 0 unspecified atom stereocenters. The molecule has 3 aromatic rings. The number of nitrogens with two attached hydrogens (primary N) is 1. The Morgan fingerprint density at radius 1 is 1.16 bits per heavy atom. The highest BCUT2D eigenvalue weighted by Crippen LogP contribution is 2.37. The summed E-state index contributed by atoms with van der Waals surface area (Å²) >= 11 is 0. The maximum atomic E-state index is 13.3. The summed E-state index contributed by atoms with van der Waals surface area (Å²) in [6.07, 6.45) is -3.72. The summed E-state index contributed by atoms with van der Waals surface area (Å²) in [4.78, 5) is 3.63. The second kappa shape index (κ2) is 6.38. The van der Waals surface area contributed by atoms with Crippen LogP contribution in [0.15, 0.2) is 24.3 Å². The zero-order chi connectivity index (χ0) is 17.6. The van der Waals surface area contributed by atoms with E-state index in [1.165, 1.54) is 17.7 Å². The lowest BCUT2D eigenvalue weighted by molar-refractivity contribution is -0.139. The van der Waals surface area contributed by atoms with Crippen LogP contribution in [0.25, 0.3) is 16.6 Å². The van der Waals surface area contributed by atoms with Crippen molar-refractivity contribution in [3.05, 3.63) is 46.8 Å². The van der Waals surface area contributed by atoms with E-state index < -0.39 is 11.9 Å². The first kappa shape index (κ1) is 18.8. The van der Waals surface area contributed by atoms with Crippen molar-refractivity contribution in [2.75, 3.05) is 5.73 Å². The molecule has 2 heterocycles. The smallest absolute Gasteiger partial charge is 0.383 e. The van der Waals surface area contributed by atoms with E-state index in [4.69, 9.17) is 5.73 Å². The Morgan fingerprint density at radius 2 is 1.84 bits per heavy atom. The van der Waals surface area contributed by atoms with Gasteiger partial charge in [0.15, 0.2) is 5.69 Å². The minimum atomic E-state index is -4.59. The Morgan fingerprint density at radius 3 is 2.40 bits per heavy atom. The minimum Gasteiger partial charge on any atom is -0.383 e. The number of hydrogen-bond donors (Lipinski definition) is 1. The predicted octanol–water partition coefficient (Wildman–Crippen LogP) is 4.84. The average molecular weight is 350 g/mol. The normalized spacial score (nSPS) is 11.6. The van der Waals surface area contributed by atoms with Crippen LogP contribution in [0.3, 0.4) is 0 Å². The van der Waals surface area contributed by atoms with Gasteiger partial charge in [0.2, 0.25) is 0 Å². The van der Waals surface area contributed by atoms with Crippen molar-refractivity contribution >= 4 is 16.7 Å². The van der Waals surface area contributed by atoms with Gasteiger partial charge in [-0.1, -0.05) is 26.5 Å². The van der Waals surface area contributed by atoms with Crippen LogP contribution in [-0.4, -0.2) is 14.8 Å². The number of nitrogen functional groups attached to an aromatic ring is 1. The second-order valence-corrected chi connectivity index (χ2v) is 5.78. The third-order valence-corrected chi connectivity index (χ3v) is 3.98. The Hall–Kier alpha value is -2.57. The van der Waals surface area contributed by atoms with E-state index in [0.29, 0.717) is 5.69 Å². The van der Waals surface area contributed by atoms with Gasteiger partial charge in [-0.25, -0.2) is 9.67 Å². The van der Waals surface area contributed by atoms with Crippen molar-refractivity contribution < 1.29 is 13.2 Å². The van der Waals surface area contributed by atoms with Gasteiger partial charge in [-0.15, -0.1) is 0 Å². The van der Waals surface area contributed by atoms with Crippen molar-refractivity contribution in [1.29, 1.82) is 0 Å². The third kappa shape index (κ3) is 3.18. The van der Waals surface area contributed by atoms with Gasteiger partial charge in [-0.05, 0) is 43.5 Å². The van der Waals surface area contributed by atoms with Crippen molar-refractivity contribution in [3.63, 3.8) is 0 Å². The molecule has 0 saturated carbocycles. The molecule has 7 heteroatoms. The number of pyridine rings is 1. The number of rotatable bonds is 2. The predicted molar refractivity (Wildman–Crippen MR) is 93.9 cm³/mol. The number of nitrogens with zero attached hydrogens (tertiary/aromatic N) is 3. The zero-order valence-electron chi connectivity index (χ0n) is 13.6. The largest absolute Gasteiger partial charge is 0.434 e. The van der Waals surface area contributed by atoms with Crippen molar-refractivity contribution in [3.8, 4) is 5.69 Å². The molecule has 0 saturated heterocycles. The van der Waals surface area contributed by atoms with Crippen LogP contribution in [0.4, 0.5) is 19.0 Å². The first-order valence-corrected chi connectivity index (χ1v) is 7.55. The van der Waals surface area contributed by atoms with Crippen LogP contribution in [0.1, 0.15) is 36.9 Å². The van der Waals surface area contributed by atoms with E-state index in [1.807, 2.05) is 32.0 Å². The summed E-state index contributed by atoms with van der Waals surface area (Å²) in [5.74, 6) is -0.0582. The molecule has 2 aromatic heterocycles. The van der Waals surface area contributed by atoms with Crippen molar-refractivity contribution in [2.24, 2.45) is 0 Å². The quantitative estimate of drug-likeness (QED) is 0.720. The Balaban J connectivity index is 0.00000225. The first-order chi connectivity index (χ1) is 11.2. The molecule has 0 spiro atoms. The van der Waals surface area contributed by atoms with Gasteiger partial charge in [0.1, 0.15) is 5.82 Å². The number of aryl methyl sites for hydroxylation is 3. The molecule has 0 fully saturated rings. The average Bonchev–Trinajstić information content (AvgIpc) is 2.82. The van der Waals surface area contributed by atoms with Gasteiger partial charge in [0.05, 0.1) is 16.6 Å². The number of anilines is 1. The molecule has 2 N–H and O–H groups in total. The second-order valence-electron chi connectivity index (χ2n) is 5.78. The summed E-state index contributed by atoms with van der Waals surface area (Å²) in [5.41, 5.74) is 8.15. The first-order valence-electron chi connectivity index (χ1n) is 7.55. The summed E-state index contributed by atoms with van der Waals surface area (Å²) in [5, 5.41) is 4.13. The summed E-state index contributed by atoms with van der Waals surface area (Å²) in [6.45, 7) is 5.43. The van der Waals surface area contributed by atoms with E-state index in [1.54, 1.807) is 0 Å². The summed E-state index contributed by atoms with van der Waals surface area (Å²) < 4.78 is 41.3. The highest BCUT2D eigenvalue weighted by Gasteiger charge is 2.37. The lowest BCUT2D eigenvalue weighted by Crippen LogP contribution is -2.10.